The molecule has 24 heavy (non-hydrogen) atoms. The van der Waals surface area contributed by atoms with Crippen LogP contribution in [-0.4, -0.2) is 32.7 Å². The van der Waals surface area contributed by atoms with Gasteiger partial charge >= 0.3 is 5.97 Å². The van der Waals surface area contributed by atoms with Crippen LogP contribution in [0.5, 0.6) is 11.5 Å². The molecule has 0 bridgehead atoms. The summed E-state index contributed by atoms with van der Waals surface area (Å²) in [6.45, 7) is 0.604. The van der Waals surface area contributed by atoms with Crippen molar-refractivity contribution in [1.29, 1.82) is 0 Å². The van der Waals surface area contributed by atoms with Crippen molar-refractivity contribution in [2.45, 2.75) is 4.90 Å². The summed E-state index contributed by atoms with van der Waals surface area (Å²) in [6.07, 6.45) is 0. The second kappa shape index (κ2) is 6.33. The number of benzene rings is 2. The van der Waals surface area contributed by atoms with E-state index < -0.39 is 16.0 Å². The number of fused-ring (bicyclic) bond motifs is 1. The molecule has 2 aromatic carbocycles. The molecule has 0 amide bonds. The van der Waals surface area contributed by atoms with Gasteiger partial charge in [0.25, 0.3) is 10.0 Å². The highest BCUT2D eigenvalue weighted by atomic mass is 79.9. The minimum absolute atomic E-state index is 0.00287. The number of carboxylic acids is 1. The van der Waals surface area contributed by atoms with Crippen LogP contribution in [0.2, 0.25) is 0 Å². The number of anilines is 1. The molecule has 1 aliphatic heterocycles. The predicted octanol–water partition coefficient (Wildman–Crippen LogP) is 2.72. The first-order valence-corrected chi connectivity index (χ1v) is 9.10. The van der Waals surface area contributed by atoms with Crippen molar-refractivity contribution >= 4 is 37.6 Å². The predicted molar refractivity (Wildman–Crippen MR) is 89.3 cm³/mol. The average Bonchev–Trinajstić information content (AvgIpc) is 2.53. The van der Waals surface area contributed by atoms with Gasteiger partial charge in [-0.25, -0.2) is 13.2 Å². The largest absolute Gasteiger partial charge is 0.486 e. The highest BCUT2D eigenvalue weighted by Crippen LogP contribution is 2.36. The maximum Gasteiger partial charge on any atom is 0.337 e. The Morgan fingerprint density at radius 2 is 1.79 bits per heavy atom. The molecule has 0 spiro atoms. The van der Waals surface area contributed by atoms with Crippen molar-refractivity contribution in [3.63, 3.8) is 0 Å². The van der Waals surface area contributed by atoms with E-state index in [1.165, 1.54) is 24.3 Å². The molecule has 2 N–H and O–H groups in total. The van der Waals surface area contributed by atoms with Gasteiger partial charge in [0, 0.05) is 16.6 Å². The highest BCUT2D eigenvalue weighted by molar-refractivity contribution is 9.10. The van der Waals surface area contributed by atoms with Crippen molar-refractivity contribution in [2.75, 3.05) is 17.9 Å². The summed E-state index contributed by atoms with van der Waals surface area (Å²) in [5.74, 6) is -0.721. The number of aromatic carboxylic acids is 1. The SMILES string of the molecule is O=C(O)c1cc2c(cc1NS(=O)(=O)c1cccc(Br)c1)OCCO2. The summed E-state index contributed by atoms with van der Waals surface area (Å²) < 4.78 is 38.6. The van der Waals surface area contributed by atoms with Gasteiger partial charge in [-0.15, -0.1) is 0 Å². The molecule has 3 rings (SSSR count). The molecule has 0 unspecified atom stereocenters. The van der Waals surface area contributed by atoms with Gasteiger partial charge in [-0.2, -0.15) is 0 Å². The normalized spacial score (nSPS) is 13.4. The van der Waals surface area contributed by atoms with Crippen molar-refractivity contribution in [1.82, 2.24) is 0 Å². The van der Waals surface area contributed by atoms with Crippen LogP contribution in [0.3, 0.4) is 0 Å². The summed E-state index contributed by atoms with van der Waals surface area (Å²) in [7, 11) is -3.96. The quantitative estimate of drug-likeness (QED) is 0.798. The van der Waals surface area contributed by atoms with Crippen molar-refractivity contribution in [2.24, 2.45) is 0 Å². The van der Waals surface area contributed by atoms with E-state index >= 15 is 0 Å². The fraction of sp³-hybridized carbons (Fsp3) is 0.133. The standard InChI is InChI=1S/C15H12BrNO6S/c16-9-2-1-3-10(6-9)24(20,21)17-12-8-14-13(22-4-5-23-14)7-11(12)15(18)19/h1-3,6-8,17H,4-5H2,(H,18,19). The van der Waals surface area contributed by atoms with Gasteiger partial charge in [0.2, 0.25) is 0 Å². The van der Waals surface area contributed by atoms with Gasteiger partial charge < -0.3 is 14.6 Å². The third-order valence-corrected chi connectivity index (χ3v) is 5.12. The fourth-order valence-electron chi connectivity index (χ4n) is 2.19. The Morgan fingerprint density at radius 1 is 1.12 bits per heavy atom. The van der Waals surface area contributed by atoms with Crippen LogP contribution >= 0.6 is 15.9 Å². The summed E-state index contributed by atoms with van der Waals surface area (Å²) >= 11 is 3.20. The van der Waals surface area contributed by atoms with E-state index in [-0.39, 0.29) is 27.6 Å². The Bertz CT molecular complexity index is 912. The van der Waals surface area contributed by atoms with Crippen molar-refractivity contribution in [3.05, 3.63) is 46.4 Å². The summed E-state index contributed by atoms with van der Waals surface area (Å²) in [5, 5.41) is 9.34. The Morgan fingerprint density at radius 3 is 2.42 bits per heavy atom. The number of nitrogens with one attached hydrogen (secondary N) is 1. The molecule has 0 aromatic heterocycles. The molecule has 2 aromatic rings. The smallest absolute Gasteiger partial charge is 0.337 e. The van der Waals surface area contributed by atoms with Gasteiger partial charge in [-0.05, 0) is 18.2 Å². The Kier molecular flexibility index (Phi) is 4.37. The minimum atomic E-state index is -3.96. The average molecular weight is 414 g/mol. The summed E-state index contributed by atoms with van der Waals surface area (Å²) in [4.78, 5) is 11.4. The lowest BCUT2D eigenvalue weighted by atomic mass is 10.1. The lowest BCUT2D eigenvalue weighted by Crippen LogP contribution is -2.19. The number of carbonyl (C=O) groups is 1. The molecule has 1 heterocycles. The van der Waals surface area contributed by atoms with Crippen LogP contribution in [0.15, 0.2) is 45.8 Å². The Labute approximate surface area is 146 Å². The lowest BCUT2D eigenvalue weighted by Gasteiger charge is -2.20. The molecule has 0 aliphatic carbocycles. The molecular weight excluding hydrogens is 402 g/mol. The monoisotopic (exact) mass is 413 g/mol. The van der Waals surface area contributed by atoms with Crippen LogP contribution in [0, 0.1) is 0 Å². The fourth-order valence-corrected chi connectivity index (χ4v) is 3.85. The molecule has 0 saturated heterocycles. The zero-order valence-corrected chi connectivity index (χ0v) is 14.6. The van der Waals surface area contributed by atoms with Crippen molar-refractivity contribution in [3.8, 4) is 11.5 Å². The van der Waals surface area contributed by atoms with Crippen LogP contribution in [0.4, 0.5) is 5.69 Å². The number of sulfonamides is 1. The second-order valence-electron chi connectivity index (χ2n) is 4.91. The molecular formula is C15H12BrNO6S. The zero-order valence-electron chi connectivity index (χ0n) is 12.2. The first-order chi connectivity index (χ1) is 11.4. The van der Waals surface area contributed by atoms with Crippen LogP contribution in [0.25, 0.3) is 0 Å². The van der Waals surface area contributed by atoms with Gasteiger partial charge in [0.05, 0.1) is 16.1 Å². The number of rotatable bonds is 4. The molecule has 126 valence electrons. The molecule has 0 fully saturated rings. The topological polar surface area (TPSA) is 102 Å². The van der Waals surface area contributed by atoms with E-state index in [0.717, 1.165) is 0 Å². The first kappa shape index (κ1) is 16.6. The molecule has 0 saturated carbocycles. The lowest BCUT2D eigenvalue weighted by molar-refractivity contribution is 0.0697. The van der Waals surface area contributed by atoms with Crippen LogP contribution < -0.4 is 14.2 Å². The van der Waals surface area contributed by atoms with Gasteiger partial charge in [0.15, 0.2) is 11.5 Å². The van der Waals surface area contributed by atoms with Crippen LogP contribution in [0.1, 0.15) is 10.4 Å². The molecule has 0 radical (unpaired) electrons. The second-order valence-corrected chi connectivity index (χ2v) is 7.51. The maximum atomic E-state index is 12.5. The number of carboxylic acid groups (broad SMARTS) is 1. The van der Waals surface area contributed by atoms with E-state index in [9.17, 15) is 18.3 Å². The maximum absolute atomic E-state index is 12.5. The Hall–Kier alpha value is -2.26. The van der Waals surface area contributed by atoms with E-state index in [1.54, 1.807) is 12.1 Å². The third-order valence-electron chi connectivity index (χ3n) is 3.26. The van der Waals surface area contributed by atoms with E-state index in [1.807, 2.05) is 0 Å². The molecule has 9 heteroatoms. The van der Waals surface area contributed by atoms with E-state index in [4.69, 9.17) is 9.47 Å². The van der Waals surface area contributed by atoms with Gasteiger partial charge in [-0.3, -0.25) is 4.72 Å². The van der Waals surface area contributed by atoms with Gasteiger partial charge in [0.1, 0.15) is 13.2 Å². The summed E-state index contributed by atoms with van der Waals surface area (Å²) in [6, 6.07) is 8.64. The molecule has 7 nitrogen and oxygen atoms in total. The van der Waals surface area contributed by atoms with E-state index in [2.05, 4.69) is 20.7 Å². The van der Waals surface area contributed by atoms with Gasteiger partial charge in [-0.1, -0.05) is 22.0 Å². The number of ether oxygens (including phenoxy) is 2. The summed E-state index contributed by atoms with van der Waals surface area (Å²) in [5.41, 5.74) is -0.315. The van der Waals surface area contributed by atoms with Crippen LogP contribution in [-0.2, 0) is 10.0 Å². The van der Waals surface area contributed by atoms with Crippen molar-refractivity contribution < 1.29 is 27.8 Å². The molecule has 0 atom stereocenters. The van der Waals surface area contributed by atoms with E-state index in [0.29, 0.717) is 17.7 Å². The Balaban J connectivity index is 2.04. The first-order valence-electron chi connectivity index (χ1n) is 6.82. The minimum Gasteiger partial charge on any atom is -0.486 e. The number of hydrogen-bond donors (Lipinski definition) is 2. The highest BCUT2D eigenvalue weighted by Gasteiger charge is 2.23. The number of halogens is 1. The third kappa shape index (κ3) is 3.31. The number of hydrogen-bond acceptors (Lipinski definition) is 5. The molecule has 1 aliphatic rings. The zero-order chi connectivity index (χ0) is 17.3.